The molecule has 96 valence electrons. The molecule has 0 aliphatic heterocycles. The van der Waals surface area contributed by atoms with E-state index in [1.54, 1.807) is 24.3 Å². The predicted molar refractivity (Wildman–Crippen MR) is 74.6 cm³/mol. The van der Waals surface area contributed by atoms with E-state index < -0.39 is 11.1 Å². The van der Waals surface area contributed by atoms with Gasteiger partial charge in [0.25, 0.3) is 0 Å². The largest absolute Gasteiger partial charge is 0.316 e. The number of rotatable bonds is 2. The Bertz CT molecular complexity index is 528. The normalized spacial score (nSPS) is 9.76. The van der Waals surface area contributed by atoms with Crippen LogP contribution < -0.4 is 11.1 Å². The molecule has 0 spiro atoms. The maximum Gasteiger partial charge on any atom is 0.314 e. The number of unbranched alkanes of at least 4 members (excludes halogenated alkanes) is 2. The number of benzene rings is 1. The maximum atomic E-state index is 10.8. The summed E-state index contributed by atoms with van der Waals surface area (Å²) >= 11 is 0. The molecule has 0 aliphatic carbocycles. The predicted octanol–water partition coefficient (Wildman–Crippen LogP) is 2.90. The molecule has 0 bridgehead atoms. The third-order valence-electron chi connectivity index (χ3n) is 2.34. The van der Waals surface area contributed by atoms with Gasteiger partial charge in [-0.05, 0) is 12.1 Å². The van der Waals surface area contributed by atoms with Gasteiger partial charge in [0.05, 0.1) is 11.0 Å². The molecule has 0 unspecified atom stereocenters. The van der Waals surface area contributed by atoms with Crippen LogP contribution in [-0.2, 0) is 0 Å². The Labute approximate surface area is 103 Å². The number of fused-ring (bicyclic) bond motifs is 1. The number of H-pyrrole nitrogens is 2. The average Bonchev–Trinajstić information content (AvgIpc) is 2.32. The molecule has 4 heteroatoms. The van der Waals surface area contributed by atoms with E-state index in [4.69, 9.17) is 0 Å². The van der Waals surface area contributed by atoms with Crippen molar-refractivity contribution < 1.29 is 2.85 Å². The van der Waals surface area contributed by atoms with Gasteiger partial charge in [-0.15, -0.1) is 0 Å². The SMILES string of the molecule is CCCCC.O=c1[nH]c2ccccc2[nH]c1=O.[HH].[HH]. The molecule has 1 aromatic heterocycles. The average molecular weight is 238 g/mol. The van der Waals surface area contributed by atoms with Crippen LogP contribution in [0.4, 0.5) is 0 Å². The van der Waals surface area contributed by atoms with Crippen molar-refractivity contribution >= 4 is 11.0 Å². The van der Waals surface area contributed by atoms with Gasteiger partial charge in [0.1, 0.15) is 0 Å². The second kappa shape index (κ2) is 6.68. The molecule has 1 aromatic carbocycles. The standard InChI is InChI=1S/C8H6N2O2.C5H12.2H2/c11-7-8(12)10-6-4-2-1-3-5(6)9-7;1-3-5-4-2;;/h1-4H,(H,9,11)(H,10,12);3-5H2,1-2H3;2*1H. The summed E-state index contributed by atoms with van der Waals surface area (Å²) in [5, 5.41) is 0. The number of nitrogens with one attached hydrogen (secondary N) is 2. The van der Waals surface area contributed by atoms with Crippen molar-refractivity contribution in [2.45, 2.75) is 33.1 Å². The molecule has 0 fully saturated rings. The van der Waals surface area contributed by atoms with Crippen molar-refractivity contribution in [1.82, 2.24) is 9.97 Å². The van der Waals surface area contributed by atoms with Crippen molar-refractivity contribution in [2.24, 2.45) is 0 Å². The van der Waals surface area contributed by atoms with E-state index >= 15 is 0 Å². The molecule has 0 saturated carbocycles. The van der Waals surface area contributed by atoms with Crippen LogP contribution in [0.5, 0.6) is 0 Å². The zero-order valence-corrected chi connectivity index (χ0v) is 10.2. The van der Waals surface area contributed by atoms with Crippen LogP contribution in [0, 0.1) is 0 Å². The number of aromatic nitrogens is 2. The van der Waals surface area contributed by atoms with Gasteiger partial charge >= 0.3 is 11.1 Å². The van der Waals surface area contributed by atoms with E-state index in [0.717, 1.165) is 0 Å². The summed E-state index contributed by atoms with van der Waals surface area (Å²) in [7, 11) is 0. The van der Waals surface area contributed by atoms with Gasteiger partial charge in [-0.3, -0.25) is 9.59 Å². The highest BCUT2D eigenvalue weighted by atomic mass is 16.2. The third-order valence-corrected chi connectivity index (χ3v) is 2.34. The lowest BCUT2D eigenvalue weighted by Crippen LogP contribution is -2.28. The van der Waals surface area contributed by atoms with E-state index in [-0.39, 0.29) is 2.85 Å². The number of hydrogen-bond acceptors (Lipinski definition) is 2. The Morgan fingerprint density at radius 2 is 1.35 bits per heavy atom. The first-order valence-corrected chi connectivity index (χ1v) is 5.90. The Morgan fingerprint density at radius 1 is 0.941 bits per heavy atom. The van der Waals surface area contributed by atoms with Gasteiger partial charge in [-0.25, -0.2) is 0 Å². The Hall–Kier alpha value is -1.84. The van der Waals surface area contributed by atoms with Crippen LogP contribution in [-0.4, -0.2) is 9.97 Å². The highest BCUT2D eigenvalue weighted by molar-refractivity contribution is 5.72. The van der Waals surface area contributed by atoms with Crippen molar-refractivity contribution in [3.63, 3.8) is 0 Å². The maximum absolute atomic E-state index is 10.8. The lowest BCUT2D eigenvalue weighted by Gasteiger charge is -1.93. The quantitative estimate of drug-likeness (QED) is 0.790. The van der Waals surface area contributed by atoms with Crippen molar-refractivity contribution in [3.05, 3.63) is 45.0 Å². The van der Waals surface area contributed by atoms with Gasteiger partial charge in [-0.2, -0.15) is 0 Å². The van der Waals surface area contributed by atoms with Crippen LogP contribution >= 0.6 is 0 Å². The fourth-order valence-electron chi connectivity index (χ4n) is 1.41. The molecule has 0 radical (unpaired) electrons. The fraction of sp³-hybridized carbons (Fsp3) is 0.385. The molecule has 1 heterocycles. The summed E-state index contributed by atoms with van der Waals surface area (Å²) in [6.07, 6.45) is 4.08. The first-order valence-electron chi connectivity index (χ1n) is 5.90. The molecule has 0 saturated heterocycles. The zero-order valence-electron chi connectivity index (χ0n) is 10.2. The fourth-order valence-corrected chi connectivity index (χ4v) is 1.41. The monoisotopic (exact) mass is 238 g/mol. The number of para-hydroxylation sites is 2. The first-order chi connectivity index (χ1) is 8.19. The zero-order chi connectivity index (χ0) is 12.7. The molecular formula is C13H22N2O2. The van der Waals surface area contributed by atoms with Gasteiger partial charge in [0, 0.05) is 2.85 Å². The van der Waals surface area contributed by atoms with Gasteiger partial charge in [0.2, 0.25) is 0 Å². The molecule has 2 aromatic rings. The second-order valence-electron chi connectivity index (χ2n) is 3.81. The van der Waals surface area contributed by atoms with E-state index in [9.17, 15) is 9.59 Å². The molecule has 2 N–H and O–H groups in total. The Balaban J connectivity index is 0. The van der Waals surface area contributed by atoms with Crippen LogP contribution in [0.1, 0.15) is 36.0 Å². The molecule has 2 rings (SSSR count). The Morgan fingerprint density at radius 3 is 1.65 bits per heavy atom. The minimum atomic E-state index is -0.617. The van der Waals surface area contributed by atoms with Crippen molar-refractivity contribution in [1.29, 1.82) is 0 Å². The number of aromatic amines is 2. The highest BCUT2D eigenvalue weighted by Gasteiger charge is 1.95. The van der Waals surface area contributed by atoms with E-state index in [0.29, 0.717) is 11.0 Å². The van der Waals surface area contributed by atoms with Crippen LogP contribution in [0.3, 0.4) is 0 Å². The highest BCUT2D eigenvalue weighted by Crippen LogP contribution is 2.01. The second-order valence-corrected chi connectivity index (χ2v) is 3.81. The van der Waals surface area contributed by atoms with Gasteiger partial charge in [-0.1, -0.05) is 45.2 Å². The van der Waals surface area contributed by atoms with Crippen LogP contribution in [0.15, 0.2) is 33.9 Å². The molecule has 17 heavy (non-hydrogen) atoms. The summed E-state index contributed by atoms with van der Waals surface area (Å²) in [4.78, 5) is 26.6. The minimum Gasteiger partial charge on any atom is -0.316 e. The third kappa shape index (κ3) is 3.90. The molecule has 0 amide bonds. The summed E-state index contributed by atoms with van der Waals surface area (Å²) in [6.45, 7) is 4.42. The van der Waals surface area contributed by atoms with Crippen LogP contribution in [0.25, 0.3) is 11.0 Å². The van der Waals surface area contributed by atoms with Crippen molar-refractivity contribution in [3.8, 4) is 0 Å². The molecule has 0 atom stereocenters. The Kier molecular flexibility index (Phi) is 5.20. The van der Waals surface area contributed by atoms with E-state index in [2.05, 4.69) is 23.8 Å². The van der Waals surface area contributed by atoms with E-state index in [1.165, 1.54) is 19.3 Å². The summed E-state index contributed by atoms with van der Waals surface area (Å²) in [6, 6.07) is 7.03. The van der Waals surface area contributed by atoms with Gasteiger partial charge < -0.3 is 9.97 Å². The number of hydrogen-bond donors (Lipinski definition) is 2. The molecule has 4 nitrogen and oxygen atoms in total. The summed E-state index contributed by atoms with van der Waals surface area (Å²) < 4.78 is 0. The lowest BCUT2D eigenvalue weighted by molar-refractivity contribution is 0.772. The topological polar surface area (TPSA) is 65.7 Å². The summed E-state index contributed by atoms with van der Waals surface area (Å²) in [5.41, 5.74) is 0.0478. The van der Waals surface area contributed by atoms with E-state index in [1.807, 2.05) is 0 Å². The summed E-state index contributed by atoms with van der Waals surface area (Å²) in [5.74, 6) is 0. The first kappa shape index (κ1) is 13.2. The lowest BCUT2D eigenvalue weighted by atomic mass is 10.3. The van der Waals surface area contributed by atoms with Gasteiger partial charge in [0.15, 0.2) is 0 Å². The van der Waals surface area contributed by atoms with Crippen molar-refractivity contribution in [2.75, 3.05) is 0 Å². The van der Waals surface area contributed by atoms with Crippen LogP contribution in [0.2, 0.25) is 0 Å². The minimum absolute atomic E-state index is 0. The molecule has 0 aliphatic rings. The smallest absolute Gasteiger partial charge is 0.314 e. The molecular weight excluding hydrogens is 216 g/mol.